The third kappa shape index (κ3) is 4.13. The Labute approximate surface area is 180 Å². The topological polar surface area (TPSA) is 58.1 Å². The van der Waals surface area contributed by atoms with E-state index in [1.807, 2.05) is 60.8 Å². The Bertz CT molecular complexity index is 1070. The fraction of sp³-hybridized carbons (Fsp3) is 0.167. The third-order valence-electron chi connectivity index (χ3n) is 5.14. The molecular formula is C24H23ClFN2O2+. The monoisotopic (exact) mass is 425 g/mol. The highest BCUT2D eigenvalue weighted by Crippen LogP contribution is 2.35. The van der Waals surface area contributed by atoms with Crippen LogP contribution in [0.3, 0.4) is 0 Å². The fourth-order valence-corrected chi connectivity index (χ4v) is 3.82. The second-order valence-electron chi connectivity index (χ2n) is 7.08. The lowest BCUT2D eigenvalue weighted by Crippen LogP contribution is -2.90. The summed E-state index contributed by atoms with van der Waals surface area (Å²) in [7, 11) is 0. The summed E-state index contributed by atoms with van der Waals surface area (Å²) in [5.74, 6) is 0.252. The highest BCUT2D eigenvalue weighted by Gasteiger charge is 2.31. The average molecular weight is 426 g/mol. The number of hydrogen-bond acceptors (Lipinski definition) is 3. The first-order valence-corrected chi connectivity index (χ1v) is 10.2. The number of ether oxygens (including phenoxy) is 1. The summed E-state index contributed by atoms with van der Waals surface area (Å²) in [5, 5.41) is 16.8. The normalized spacial score (nSPS) is 18.4. The summed E-state index contributed by atoms with van der Waals surface area (Å²) >= 11 is 6.05. The van der Waals surface area contributed by atoms with E-state index in [-0.39, 0.29) is 23.8 Å². The minimum atomic E-state index is -0.373. The van der Waals surface area contributed by atoms with Gasteiger partial charge in [0.2, 0.25) is 0 Å². The van der Waals surface area contributed by atoms with Crippen molar-refractivity contribution in [3.63, 3.8) is 0 Å². The molecule has 2 atom stereocenters. The first-order valence-electron chi connectivity index (χ1n) is 9.85. The molecule has 1 aliphatic heterocycles. The van der Waals surface area contributed by atoms with E-state index < -0.39 is 0 Å². The Morgan fingerprint density at radius 3 is 2.50 bits per heavy atom. The van der Waals surface area contributed by atoms with Crippen molar-refractivity contribution >= 4 is 17.3 Å². The summed E-state index contributed by atoms with van der Waals surface area (Å²) in [5.41, 5.74) is 3.02. The molecule has 154 valence electrons. The van der Waals surface area contributed by atoms with Crippen LogP contribution < -0.4 is 15.4 Å². The van der Waals surface area contributed by atoms with Gasteiger partial charge >= 0.3 is 0 Å². The van der Waals surface area contributed by atoms with Gasteiger partial charge in [0.15, 0.2) is 17.7 Å². The van der Waals surface area contributed by atoms with Crippen molar-refractivity contribution in [2.24, 2.45) is 0 Å². The minimum Gasteiger partial charge on any atom is -0.504 e. The zero-order chi connectivity index (χ0) is 21.1. The number of para-hydroxylation sites is 1. The Kier molecular flexibility index (Phi) is 5.93. The molecule has 3 aromatic carbocycles. The van der Waals surface area contributed by atoms with Crippen molar-refractivity contribution < 1.29 is 19.6 Å². The number of benzene rings is 3. The van der Waals surface area contributed by atoms with E-state index in [2.05, 4.69) is 5.32 Å². The molecule has 0 radical (unpaired) electrons. The number of phenolic OH excluding ortho intramolecular Hbond substituents is 1. The number of nitrogens with one attached hydrogen (secondary N) is 1. The van der Waals surface area contributed by atoms with Crippen molar-refractivity contribution in [3.05, 3.63) is 100 Å². The van der Waals surface area contributed by atoms with Gasteiger partial charge in [-0.2, -0.15) is 0 Å². The summed E-state index contributed by atoms with van der Waals surface area (Å²) in [6.45, 7) is 2.33. The highest BCUT2D eigenvalue weighted by molar-refractivity contribution is 6.30. The zero-order valence-corrected chi connectivity index (χ0v) is 17.2. The molecule has 0 saturated carbocycles. The van der Waals surface area contributed by atoms with E-state index >= 15 is 0 Å². The van der Waals surface area contributed by atoms with E-state index in [4.69, 9.17) is 16.3 Å². The standard InChI is InChI=1S/C24H22ClFN2O2/c1-2-30-22-9-5-7-18(23(22)29)21-14-20(15-10-12-16(25)13-11-15)27-24(28-21)17-6-3-4-8-19(17)26/h3-14,21,24,27-29H,2H2,1H3/p+1. The van der Waals surface area contributed by atoms with Crippen molar-refractivity contribution in [3.8, 4) is 11.5 Å². The summed E-state index contributed by atoms with van der Waals surface area (Å²) in [4.78, 5) is 0. The second-order valence-corrected chi connectivity index (χ2v) is 7.51. The number of nitrogens with two attached hydrogens (primary N) is 1. The van der Waals surface area contributed by atoms with Gasteiger partial charge in [-0.1, -0.05) is 41.9 Å². The SMILES string of the molecule is CCOc1cccc(C2C=C(c3ccc(Cl)cc3)NC(c3ccccc3F)[NH2+]2)c1O. The van der Waals surface area contributed by atoms with Gasteiger partial charge in [0.05, 0.1) is 17.7 Å². The summed E-state index contributed by atoms with van der Waals surface area (Å²) < 4.78 is 20.1. The Morgan fingerprint density at radius 1 is 1.03 bits per heavy atom. The quantitative estimate of drug-likeness (QED) is 0.563. The number of rotatable bonds is 5. The Hall–Kier alpha value is -3.02. The average Bonchev–Trinajstić information content (AvgIpc) is 2.76. The number of hydrogen-bond donors (Lipinski definition) is 3. The number of halogens is 2. The molecular weight excluding hydrogens is 403 g/mol. The molecule has 0 amide bonds. The molecule has 0 aromatic heterocycles. The van der Waals surface area contributed by atoms with Crippen molar-refractivity contribution in [2.75, 3.05) is 6.61 Å². The van der Waals surface area contributed by atoms with Crippen molar-refractivity contribution in [1.29, 1.82) is 0 Å². The fourth-order valence-electron chi connectivity index (χ4n) is 3.70. The van der Waals surface area contributed by atoms with E-state index in [0.29, 0.717) is 28.5 Å². The van der Waals surface area contributed by atoms with Gasteiger partial charge in [-0.3, -0.25) is 0 Å². The molecule has 0 saturated heterocycles. The third-order valence-corrected chi connectivity index (χ3v) is 5.39. The molecule has 1 aliphatic rings. The largest absolute Gasteiger partial charge is 0.504 e. The lowest BCUT2D eigenvalue weighted by molar-refractivity contribution is -0.731. The molecule has 1 heterocycles. The molecule has 6 heteroatoms. The molecule has 2 unspecified atom stereocenters. The van der Waals surface area contributed by atoms with E-state index in [0.717, 1.165) is 11.3 Å². The van der Waals surface area contributed by atoms with Crippen molar-refractivity contribution in [2.45, 2.75) is 19.1 Å². The van der Waals surface area contributed by atoms with Gasteiger partial charge in [-0.05, 0) is 48.9 Å². The van der Waals surface area contributed by atoms with Crippen LogP contribution in [0.2, 0.25) is 5.02 Å². The molecule has 4 nitrogen and oxygen atoms in total. The van der Waals surface area contributed by atoms with Crippen LogP contribution in [-0.4, -0.2) is 11.7 Å². The predicted octanol–water partition coefficient (Wildman–Crippen LogP) is 4.53. The van der Waals surface area contributed by atoms with Crippen LogP contribution in [0.4, 0.5) is 4.39 Å². The maximum atomic E-state index is 14.6. The van der Waals surface area contributed by atoms with Crippen LogP contribution in [0.1, 0.15) is 35.8 Å². The number of quaternary nitrogens is 1. The molecule has 4 N–H and O–H groups in total. The highest BCUT2D eigenvalue weighted by atomic mass is 35.5. The molecule has 0 aliphatic carbocycles. The van der Waals surface area contributed by atoms with Gasteiger partial charge in [-0.25, -0.2) is 4.39 Å². The van der Waals surface area contributed by atoms with E-state index in [1.165, 1.54) is 6.07 Å². The number of aromatic hydroxyl groups is 1. The minimum absolute atomic E-state index is 0.0986. The number of phenols is 1. The van der Waals surface area contributed by atoms with Crippen LogP contribution >= 0.6 is 11.6 Å². The summed E-state index contributed by atoms with van der Waals surface area (Å²) in [6.07, 6.45) is 1.65. The smallest absolute Gasteiger partial charge is 0.189 e. The van der Waals surface area contributed by atoms with Gasteiger partial charge in [0.1, 0.15) is 11.9 Å². The maximum Gasteiger partial charge on any atom is 0.189 e. The lowest BCUT2D eigenvalue weighted by atomic mass is 9.97. The van der Waals surface area contributed by atoms with E-state index in [1.54, 1.807) is 18.2 Å². The Balaban J connectivity index is 1.78. The molecule has 3 aromatic rings. The first kappa shape index (κ1) is 20.3. The van der Waals surface area contributed by atoms with Gasteiger partial charge < -0.3 is 20.5 Å². The summed E-state index contributed by atoms with van der Waals surface area (Å²) in [6, 6.07) is 19.4. The second kappa shape index (κ2) is 8.78. The van der Waals surface area contributed by atoms with Gasteiger partial charge in [0, 0.05) is 16.8 Å². The first-order chi connectivity index (χ1) is 14.6. The van der Waals surface area contributed by atoms with Crippen LogP contribution in [0.5, 0.6) is 11.5 Å². The maximum absolute atomic E-state index is 14.6. The van der Waals surface area contributed by atoms with Crippen molar-refractivity contribution in [1.82, 2.24) is 5.32 Å². The van der Waals surface area contributed by atoms with Gasteiger partial charge in [-0.15, -0.1) is 0 Å². The van der Waals surface area contributed by atoms with Crippen LogP contribution in [0, 0.1) is 5.82 Å². The van der Waals surface area contributed by atoms with Crippen LogP contribution in [0.25, 0.3) is 5.70 Å². The molecule has 0 fully saturated rings. The zero-order valence-electron chi connectivity index (χ0n) is 16.5. The molecule has 30 heavy (non-hydrogen) atoms. The molecule has 0 bridgehead atoms. The predicted molar refractivity (Wildman–Crippen MR) is 116 cm³/mol. The molecule has 0 spiro atoms. The van der Waals surface area contributed by atoms with E-state index in [9.17, 15) is 9.50 Å². The molecule has 4 rings (SSSR count). The van der Waals surface area contributed by atoms with Gasteiger partial charge in [0.25, 0.3) is 0 Å². The lowest BCUT2D eigenvalue weighted by Gasteiger charge is -2.30. The van der Waals surface area contributed by atoms with Crippen LogP contribution in [-0.2, 0) is 0 Å². The Morgan fingerprint density at radius 2 is 1.77 bits per heavy atom. The van der Waals surface area contributed by atoms with Crippen LogP contribution in [0.15, 0.2) is 72.8 Å².